The Morgan fingerprint density at radius 1 is 1.20 bits per heavy atom. The van der Waals surface area contributed by atoms with E-state index in [9.17, 15) is 0 Å². The van der Waals surface area contributed by atoms with Gasteiger partial charge in [0.1, 0.15) is 0 Å². The molecule has 0 saturated heterocycles. The summed E-state index contributed by atoms with van der Waals surface area (Å²) in [5.74, 6) is 1.40. The highest BCUT2D eigenvalue weighted by atomic mass is 16.5. The first kappa shape index (κ1) is 14.9. The van der Waals surface area contributed by atoms with Crippen LogP contribution in [-0.2, 0) is 4.74 Å². The molecule has 0 aliphatic rings. The van der Waals surface area contributed by atoms with Gasteiger partial charge in [-0.2, -0.15) is 0 Å². The molecule has 0 rings (SSSR count). The maximum absolute atomic E-state index is 5.56. The fourth-order valence-electron chi connectivity index (χ4n) is 1.81. The van der Waals surface area contributed by atoms with Crippen molar-refractivity contribution in [2.24, 2.45) is 17.6 Å². The molecule has 15 heavy (non-hydrogen) atoms. The zero-order chi connectivity index (χ0) is 11.7. The Balaban J connectivity index is 3.87. The van der Waals surface area contributed by atoms with Gasteiger partial charge in [0, 0.05) is 26.7 Å². The Morgan fingerprint density at radius 2 is 1.87 bits per heavy atom. The summed E-state index contributed by atoms with van der Waals surface area (Å²) >= 11 is 0. The van der Waals surface area contributed by atoms with Crippen molar-refractivity contribution in [3.05, 3.63) is 0 Å². The zero-order valence-corrected chi connectivity index (χ0v) is 10.8. The zero-order valence-electron chi connectivity index (χ0n) is 10.8. The monoisotopic (exact) mass is 216 g/mol. The second-order valence-corrected chi connectivity index (χ2v) is 4.83. The van der Waals surface area contributed by atoms with Gasteiger partial charge < -0.3 is 15.4 Å². The van der Waals surface area contributed by atoms with Crippen molar-refractivity contribution in [2.45, 2.75) is 27.2 Å². The molecule has 0 aliphatic heterocycles. The van der Waals surface area contributed by atoms with E-state index in [1.54, 1.807) is 7.11 Å². The summed E-state index contributed by atoms with van der Waals surface area (Å²) < 4.78 is 5.13. The molecule has 0 saturated carbocycles. The Hall–Kier alpha value is -0.120. The summed E-state index contributed by atoms with van der Waals surface area (Å²) in [5, 5.41) is 0. The summed E-state index contributed by atoms with van der Waals surface area (Å²) in [7, 11) is 1.76. The van der Waals surface area contributed by atoms with E-state index in [0.717, 1.165) is 39.2 Å². The van der Waals surface area contributed by atoms with Crippen LogP contribution in [0.25, 0.3) is 0 Å². The second-order valence-electron chi connectivity index (χ2n) is 4.83. The molecule has 0 bridgehead atoms. The normalized spacial score (nSPS) is 13.8. The number of methoxy groups -OCH3 is 1. The molecule has 0 aromatic rings. The molecule has 1 unspecified atom stereocenters. The van der Waals surface area contributed by atoms with Crippen molar-refractivity contribution in [1.29, 1.82) is 0 Å². The Morgan fingerprint density at radius 3 is 2.33 bits per heavy atom. The molecule has 0 radical (unpaired) electrons. The first-order valence-corrected chi connectivity index (χ1v) is 6.01. The van der Waals surface area contributed by atoms with E-state index in [1.165, 1.54) is 0 Å². The highest BCUT2D eigenvalue weighted by Gasteiger charge is 2.10. The third-order valence-electron chi connectivity index (χ3n) is 2.46. The van der Waals surface area contributed by atoms with Gasteiger partial charge in [-0.05, 0) is 24.8 Å². The standard InChI is InChI=1S/C12H28N2O/c1-11(2)9-14(7-8-15-4)10-12(3)5-6-13/h11-12H,5-10,13H2,1-4H3. The second kappa shape index (κ2) is 9.13. The Kier molecular flexibility index (Phi) is 9.06. The first-order chi connectivity index (χ1) is 7.10. The molecule has 1 atom stereocenters. The highest BCUT2D eigenvalue weighted by molar-refractivity contribution is 4.65. The van der Waals surface area contributed by atoms with Crippen molar-refractivity contribution < 1.29 is 4.74 Å². The lowest BCUT2D eigenvalue weighted by Gasteiger charge is -2.26. The van der Waals surface area contributed by atoms with Crippen molar-refractivity contribution in [3.63, 3.8) is 0 Å². The smallest absolute Gasteiger partial charge is 0.0589 e. The van der Waals surface area contributed by atoms with Gasteiger partial charge in [-0.1, -0.05) is 20.8 Å². The summed E-state index contributed by atoms with van der Waals surface area (Å²) in [6, 6.07) is 0. The van der Waals surface area contributed by atoms with Crippen molar-refractivity contribution in [1.82, 2.24) is 4.90 Å². The highest BCUT2D eigenvalue weighted by Crippen LogP contribution is 2.06. The van der Waals surface area contributed by atoms with Crippen molar-refractivity contribution in [2.75, 3.05) is 39.9 Å². The van der Waals surface area contributed by atoms with E-state index in [1.807, 2.05) is 0 Å². The average Bonchev–Trinajstić information content (AvgIpc) is 2.13. The topological polar surface area (TPSA) is 38.5 Å². The van der Waals surface area contributed by atoms with Gasteiger partial charge in [0.15, 0.2) is 0 Å². The Labute approximate surface area is 95.0 Å². The van der Waals surface area contributed by atoms with E-state index in [2.05, 4.69) is 25.7 Å². The molecule has 0 heterocycles. The van der Waals surface area contributed by atoms with E-state index < -0.39 is 0 Å². The van der Waals surface area contributed by atoms with Gasteiger partial charge in [-0.25, -0.2) is 0 Å². The van der Waals surface area contributed by atoms with E-state index in [0.29, 0.717) is 11.8 Å². The van der Waals surface area contributed by atoms with E-state index >= 15 is 0 Å². The third-order valence-corrected chi connectivity index (χ3v) is 2.46. The van der Waals surface area contributed by atoms with Gasteiger partial charge in [0.25, 0.3) is 0 Å². The van der Waals surface area contributed by atoms with Gasteiger partial charge in [0.2, 0.25) is 0 Å². The SMILES string of the molecule is COCCN(CC(C)C)CC(C)CCN. The largest absolute Gasteiger partial charge is 0.383 e. The summed E-state index contributed by atoms with van der Waals surface area (Å²) in [5.41, 5.74) is 5.56. The van der Waals surface area contributed by atoms with Crippen LogP contribution in [-0.4, -0.2) is 44.8 Å². The predicted molar refractivity (Wildman–Crippen MR) is 66.0 cm³/mol. The molecular weight excluding hydrogens is 188 g/mol. The lowest BCUT2D eigenvalue weighted by atomic mass is 10.1. The number of hydrogen-bond donors (Lipinski definition) is 1. The minimum absolute atomic E-state index is 0.686. The minimum atomic E-state index is 0.686. The number of nitrogens with zero attached hydrogens (tertiary/aromatic N) is 1. The summed E-state index contributed by atoms with van der Waals surface area (Å²) in [6.07, 6.45) is 1.11. The van der Waals surface area contributed by atoms with Crippen LogP contribution in [0.3, 0.4) is 0 Å². The molecule has 0 fully saturated rings. The lowest BCUT2D eigenvalue weighted by molar-refractivity contribution is 0.129. The third kappa shape index (κ3) is 8.85. The summed E-state index contributed by atoms with van der Waals surface area (Å²) in [4.78, 5) is 2.48. The van der Waals surface area contributed by atoms with Crippen LogP contribution < -0.4 is 5.73 Å². The average molecular weight is 216 g/mol. The van der Waals surface area contributed by atoms with Gasteiger partial charge in [0.05, 0.1) is 6.61 Å². The summed E-state index contributed by atoms with van der Waals surface area (Å²) in [6.45, 7) is 11.7. The Bertz CT molecular complexity index is 140. The van der Waals surface area contributed by atoms with Crippen LogP contribution in [0.2, 0.25) is 0 Å². The number of hydrogen-bond acceptors (Lipinski definition) is 3. The maximum Gasteiger partial charge on any atom is 0.0589 e. The number of rotatable bonds is 9. The van der Waals surface area contributed by atoms with E-state index in [-0.39, 0.29) is 0 Å². The van der Waals surface area contributed by atoms with Gasteiger partial charge in [-0.3, -0.25) is 0 Å². The first-order valence-electron chi connectivity index (χ1n) is 6.01. The van der Waals surface area contributed by atoms with Crippen LogP contribution in [0.1, 0.15) is 27.2 Å². The molecule has 0 amide bonds. The van der Waals surface area contributed by atoms with Crippen LogP contribution in [0.5, 0.6) is 0 Å². The van der Waals surface area contributed by atoms with Crippen molar-refractivity contribution >= 4 is 0 Å². The molecule has 0 aliphatic carbocycles. The van der Waals surface area contributed by atoms with Crippen LogP contribution in [0.4, 0.5) is 0 Å². The minimum Gasteiger partial charge on any atom is -0.383 e. The predicted octanol–water partition coefficient (Wildman–Crippen LogP) is 1.58. The molecule has 0 aromatic carbocycles. The van der Waals surface area contributed by atoms with Crippen LogP contribution in [0, 0.1) is 11.8 Å². The van der Waals surface area contributed by atoms with E-state index in [4.69, 9.17) is 10.5 Å². The molecule has 2 N–H and O–H groups in total. The fraction of sp³-hybridized carbons (Fsp3) is 1.00. The van der Waals surface area contributed by atoms with Gasteiger partial charge in [-0.15, -0.1) is 0 Å². The van der Waals surface area contributed by atoms with Crippen LogP contribution >= 0.6 is 0 Å². The van der Waals surface area contributed by atoms with Gasteiger partial charge >= 0.3 is 0 Å². The molecule has 0 aromatic heterocycles. The molecule has 0 spiro atoms. The molecular formula is C12H28N2O. The van der Waals surface area contributed by atoms with Crippen molar-refractivity contribution in [3.8, 4) is 0 Å². The fourth-order valence-corrected chi connectivity index (χ4v) is 1.81. The number of nitrogens with two attached hydrogens (primary N) is 1. The number of ether oxygens (including phenoxy) is 1. The molecule has 92 valence electrons. The molecule has 3 heteroatoms. The molecule has 3 nitrogen and oxygen atoms in total. The van der Waals surface area contributed by atoms with Crippen LogP contribution in [0.15, 0.2) is 0 Å². The maximum atomic E-state index is 5.56. The quantitative estimate of drug-likeness (QED) is 0.636. The lowest BCUT2D eigenvalue weighted by Crippen LogP contribution is -2.35.